The highest BCUT2D eigenvalue weighted by molar-refractivity contribution is 9.10. The zero-order valence-corrected chi connectivity index (χ0v) is 12.6. The third-order valence-electron chi connectivity index (χ3n) is 2.74. The van der Waals surface area contributed by atoms with Crippen LogP contribution in [0.15, 0.2) is 33.8 Å². The normalized spacial score (nSPS) is 10.4. The Labute approximate surface area is 127 Å². The summed E-state index contributed by atoms with van der Waals surface area (Å²) in [4.78, 5) is 27.7. The maximum atomic E-state index is 13.5. The molecule has 1 aromatic heterocycles. The predicted octanol–water partition coefficient (Wildman–Crippen LogP) is 1.67. The van der Waals surface area contributed by atoms with E-state index in [1.165, 1.54) is 18.5 Å². The van der Waals surface area contributed by atoms with Gasteiger partial charge in [0.1, 0.15) is 16.8 Å². The minimum absolute atomic E-state index is 0.0350. The number of nitrogens with zero attached hydrogens (tertiary/aromatic N) is 2. The van der Waals surface area contributed by atoms with Gasteiger partial charge >= 0.3 is 0 Å². The van der Waals surface area contributed by atoms with E-state index in [1.54, 1.807) is 6.92 Å². The van der Waals surface area contributed by atoms with E-state index in [0.29, 0.717) is 11.4 Å². The number of carbonyl (C=O) groups is 1. The fourth-order valence-corrected chi connectivity index (χ4v) is 1.97. The summed E-state index contributed by atoms with van der Waals surface area (Å²) in [5, 5.41) is 2.36. The number of nitrogen functional groups attached to an aromatic ring is 1. The van der Waals surface area contributed by atoms with Crippen molar-refractivity contribution in [2.45, 2.75) is 13.5 Å². The summed E-state index contributed by atoms with van der Waals surface area (Å²) in [7, 11) is 0. The molecule has 0 saturated carbocycles. The summed E-state index contributed by atoms with van der Waals surface area (Å²) in [5.41, 5.74) is 5.96. The molecule has 0 aliphatic heterocycles. The number of aryl methyl sites for hydroxylation is 1. The predicted molar refractivity (Wildman–Crippen MR) is 80.4 cm³/mol. The van der Waals surface area contributed by atoms with Crippen molar-refractivity contribution in [3.05, 3.63) is 50.9 Å². The van der Waals surface area contributed by atoms with Gasteiger partial charge in [0.05, 0.1) is 17.7 Å². The zero-order valence-electron chi connectivity index (χ0n) is 11.1. The Bertz CT molecular complexity index is 760. The van der Waals surface area contributed by atoms with E-state index < -0.39 is 11.7 Å². The largest absolute Gasteiger partial charge is 0.399 e. The second-order valence-electron chi connectivity index (χ2n) is 4.36. The molecule has 3 N–H and O–H groups in total. The smallest absolute Gasteiger partial charge is 0.268 e. The van der Waals surface area contributed by atoms with Gasteiger partial charge in [-0.1, -0.05) is 0 Å². The highest BCUT2D eigenvalue weighted by Gasteiger charge is 2.11. The molecule has 0 aliphatic rings. The number of amides is 1. The van der Waals surface area contributed by atoms with Gasteiger partial charge in [-0.3, -0.25) is 14.2 Å². The number of carbonyl (C=O) groups excluding carboxylic acids is 1. The van der Waals surface area contributed by atoms with Gasteiger partial charge in [-0.05, 0) is 41.1 Å². The van der Waals surface area contributed by atoms with Gasteiger partial charge in [-0.25, -0.2) is 9.37 Å². The highest BCUT2D eigenvalue weighted by Crippen LogP contribution is 2.17. The van der Waals surface area contributed by atoms with Gasteiger partial charge < -0.3 is 11.1 Å². The van der Waals surface area contributed by atoms with Crippen LogP contribution < -0.4 is 16.6 Å². The van der Waals surface area contributed by atoms with Crippen LogP contribution in [0.3, 0.4) is 0 Å². The summed E-state index contributed by atoms with van der Waals surface area (Å²) in [5.74, 6) is -1.16. The summed E-state index contributed by atoms with van der Waals surface area (Å²) in [6, 6.07) is 3.84. The van der Waals surface area contributed by atoms with Crippen molar-refractivity contribution in [1.29, 1.82) is 0 Å². The average Bonchev–Trinajstić information content (AvgIpc) is 2.43. The average molecular weight is 355 g/mol. The van der Waals surface area contributed by atoms with Crippen molar-refractivity contribution in [3.8, 4) is 0 Å². The molecular weight excluding hydrogens is 343 g/mol. The second kappa shape index (κ2) is 6.04. The fourth-order valence-electron chi connectivity index (χ4n) is 1.64. The minimum atomic E-state index is -0.604. The minimum Gasteiger partial charge on any atom is -0.399 e. The first-order valence-electron chi connectivity index (χ1n) is 5.95. The topological polar surface area (TPSA) is 90.0 Å². The Morgan fingerprint density at radius 1 is 1.52 bits per heavy atom. The monoisotopic (exact) mass is 354 g/mol. The molecule has 0 unspecified atom stereocenters. The molecule has 2 rings (SSSR count). The van der Waals surface area contributed by atoms with Crippen LogP contribution in [0.4, 0.5) is 15.8 Å². The van der Waals surface area contributed by atoms with Crippen LogP contribution in [-0.4, -0.2) is 15.5 Å². The van der Waals surface area contributed by atoms with Crippen LogP contribution in [0.1, 0.15) is 5.69 Å². The maximum absolute atomic E-state index is 13.5. The molecule has 0 atom stereocenters. The molecule has 21 heavy (non-hydrogen) atoms. The quantitative estimate of drug-likeness (QED) is 0.820. The SMILES string of the molecule is Cc1ncn(CC(=O)Nc2cc(N)ccc2F)c(=O)c1Br. The molecule has 0 bridgehead atoms. The van der Waals surface area contributed by atoms with E-state index in [4.69, 9.17) is 5.73 Å². The molecule has 1 heterocycles. The molecule has 110 valence electrons. The van der Waals surface area contributed by atoms with Crippen LogP contribution in [0, 0.1) is 12.7 Å². The van der Waals surface area contributed by atoms with Crippen molar-refractivity contribution in [3.63, 3.8) is 0 Å². The number of hydrogen-bond acceptors (Lipinski definition) is 4. The van der Waals surface area contributed by atoms with Crippen LogP contribution >= 0.6 is 15.9 Å². The van der Waals surface area contributed by atoms with Crippen LogP contribution in [-0.2, 0) is 11.3 Å². The van der Waals surface area contributed by atoms with Crippen molar-refractivity contribution in [1.82, 2.24) is 9.55 Å². The fraction of sp³-hybridized carbons (Fsp3) is 0.154. The van der Waals surface area contributed by atoms with Crippen molar-refractivity contribution >= 4 is 33.2 Å². The lowest BCUT2D eigenvalue weighted by molar-refractivity contribution is -0.116. The van der Waals surface area contributed by atoms with Gasteiger partial charge in [-0.15, -0.1) is 0 Å². The van der Waals surface area contributed by atoms with Gasteiger partial charge in [0.25, 0.3) is 5.56 Å². The molecule has 0 spiro atoms. The van der Waals surface area contributed by atoms with E-state index in [1.807, 2.05) is 0 Å². The number of nitrogens with two attached hydrogens (primary N) is 1. The van der Waals surface area contributed by atoms with E-state index in [-0.39, 0.29) is 22.3 Å². The van der Waals surface area contributed by atoms with Crippen molar-refractivity contribution in [2.24, 2.45) is 0 Å². The van der Waals surface area contributed by atoms with Crippen LogP contribution in [0.25, 0.3) is 0 Å². The first-order chi connectivity index (χ1) is 9.88. The Morgan fingerprint density at radius 2 is 2.24 bits per heavy atom. The molecule has 6 nitrogen and oxygen atoms in total. The Hall–Kier alpha value is -2.22. The van der Waals surface area contributed by atoms with E-state index in [9.17, 15) is 14.0 Å². The number of benzene rings is 1. The number of nitrogens with one attached hydrogen (secondary N) is 1. The summed E-state index contributed by atoms with van der Waals surface area (Å²) in [6.07, 6.45) is 1.26. The maximum Gasteiger partial charge on any atom is 0.268 e. The van der Waals surface area contributed by atoms with Gasteiger partial charge in [0.2, 0.25) is 5.91 Å². The van der Waals surface area contributed by atoms with E-state index in [2.05, 4.69) is 26.2 Å². The van der Waals surface area contributed by atoms with Gasteiger partial charge in [-0.2, -0.15) is 0 Å². The number of hydrogen-bond donors (Lipinski definition) is 2. The number of aromatic nitrogens is 2. The summed E-state index contributed by atoms with van der Waals surface area (Å²) >= 11 is 3.10. The molecule has 0 saturated heterocycles. The van der Waals surface area contributed by atoms with E-state index >= 15 is 0 Å². The van der Waals surface area contributed by atoms with Crippen LogP contribution in [0.2, 0.25) is 0 Å². The number of halogens is 2. The first-order valence-corrected chi connectivity index (χ1v) is 6.74. The highest BCUT2D eigenvalue weighted by atomic mass is 79.9. The Kier molecular flexibility index (Phi) is 4.37. The van der Waals surface area contributed by atoms with Gasteiger partial charge in [0, 0.05) is 5.69 Å². The Balaban J connectivity index is 2.18. The third-order valence-corrected chi connectivity index (χ3v) is 3.65. The number of anilines is 2. The van der Waals surface area contributed by atoms with Gasteiger partial charge in [0.15, 0.2) is 0 Å². The lowest BCUT2D eigenvalue weighted by Crippen LogP contribution is -2.29. The van der Waals surface area contributed by atoms with Crippen molar-refractivity contribution in [2.75, 3.05) is 11.1 Å². The molecule has 8 heteroatoms. The number of rotatable bonds is 3. The lowest BCUT2D eigenvalue weighted by atomic mass is 10.2. The summed E-state index contributed by atoms with van der Waals surface area (Å²) < 4.78 is 14.9. The molecule has 1 amide bonds. The lowest BCUT2D eigenvalue weighted by Gasteiger charge is -2.09. The van der Waals surface area contributed by atoms with Crippen molar-refractivity contribution < 1.29 is 9.18 Å². The molecule has 0 radical (unpaired) electrons. The molecular formula is C13H12BrFN4O2. The Morgan fingerprint density at radius 3 is 2.95 bits per heavy atom. The van der Waals surface area contributed by atoms with Crippen LogP contribution in [0.5, 0.6) is 0 Å². The molecule has 2 aromatic rings. The third kappa shape index (κ3) is 3.46. The zero-order chi connectivity index (χ0) is 15.6. The van der Waals surface area contributed by atoms with E-state index in [0.717, 1.165) is 10.6 Å². The summed E-state index contributed by atoms with van der Waals surface area (Å²) in [6.45, 7) is 1.39. The first kappa shape index (κ1) is 15.2. The molecule has 0 aliphatic carbocycles. The molecule has 0 fully saturated rings. The standard InChI is InChI=1S/C13H12BrFN4O2/c1-7-12(14)13(21)19(6-17-7)5-11(20)18-10-4-8(16)2-3-9(10)15/h2-4,6H,5,16H2,1H3,(H,18,20). The second-order valence-corrected chi connectivity index (χ2v) is 5.16. The molecule has 1 aromatic carbocycles.